The summed E-state index contributed by atoms with van der Waals surface area (Å²) in [6.45, 7) is 14.7. The van der Waals surface area contributed by atoms with E-state index in [1.165, 1.54) is 13.8 Å². The van der Waals surface area contributed by atoms with E-state index in [0.717, 1.165) is 0 Å². The minimum atomic E-state index is -2.50. The van der Waals surface area contributed by atoms with Crippen molar-refractivity contribution in [1.82, 2.24) is 16.0 Å². The van der Waals surface area contributed by atoms with Crippen LogP contribution in [0.5, 0.6) is 0 Å². The summed E-state index contributed by atoms with van der Waals surface area (Å²) < 4.78 is 12.3. The molecule has 234 valence electrons. The molecule has 12 heteroatoms. The standard InChI is InChI=1S/C29H49N3O9/c1-22(2,3)31-20(35)28(39)27(14-11-15-27)40-29(41-28,26(38)12-10-13-26)21(36)32-24(6,7)17-16-23(4,5)30-19(34)18(33)25(8,9)37/h37-39H,10-17H2,1-9H3,(H,30,34)(H,31,35)(H,32,36)/t28-,29-/m1/s1. The summed E-state index contributed by atoms with van der Waals surface area (Å²) in [5, 5.41) is 41.4. The van der Waals surface area contributed by atoms with Crippen molar-refractivity contribution in [3.63, 3.8) is 0 Å². The molecule has 3 aliphatic rings. The number of nitrogens with one attached hydrogen (secondary N) is 3. The van der Waals surface area contributed by atoms with Crippen LogP contribution in [0.2, 0.25) is 0 Å². The summed E-state index contributed by atoms with van der Waals surface area (Å²) >= 11 is 0. The van der Waals surface area contributed by atoms with Gasteiger partial charge < -0.3 is 36.0 Å². The van der Waals surface area contributed by atoms with Crippen LogP contribution >= 0.6 is 0 Å². The molecule has 0 unspecified atom stereocenters. The summed E-state index contributed by atoms with van der Waals surface area (Å²) in [7, 11) is 0. The minimum absolute atomic E-state index is 0.183. The van der Waals surface area contributed by atoms with Crippen molar-refractivity contribution in [3.8, 4) is 0 Å². The predicted octanol–water partition coefficient (Wildman–Crippen LogP) is 1.08. The molecule has 41 heavy (non-hydrogen) atoms. The van der Waals surface area contributed by atoms with E-state index in [-0.39, 0.29) is 25.7 Å². The molecule has 2 saturated carbocycles. The van der Waals surface area contributed by atoms with E-state index >= 15 is 0 Å². The molecule has 1 saturated heterocycles. The molecule has 2 aliphatic carbocycles. The first-order valence-corrected chi connectivity index (χ1v) is 14.4. The maximum Gasteiger partial charge on any atom is 0.290 e. The van der Waals surface area contributed by atoms with Crippen LogP contribution in [0.1, 0.15) is 114 Å². The van der Waals surface area contributed by atoms with Gasteiger partial charge in [0, 0.05) is 16.6 Å². The van der Waals surface area contributed by atoms with Crippen molar-refractivity contribution in [2.45, 2.75) is 159 Å². The van der Waals surface area contributed by atoms with Gasteiger partial charge in [-0.15, -0.1) is 0 Å². The zero-order chi connectivity index (χ0) is 31.5. The molecule has 0 aromatic carbocycles. The monoisotopic (exact) mass is 583 g/mol. The fourth-order valence-electron chi connectivity index (χ4n) is 5.40. The molecule has 2 atom stereocenters. The van der Waals surface area contributed by atoms with Crippen molar-refractivity contribution < 1.29 is 44.0 Å². The van der Waals surface area contributed by atoms with Gasteiger partial charge in [0.2, 0.25) is 0 Å². The Morgan fingerprint density at radius 2 is 1.20 bits per heavy atom. The largest absolute Gasteiger partial charge is 0.384 e. The zero-order valence-electron chi connectivity index (χ0n) is 25.9. The normalized spacial score (nSPS) is 27.4. The highest BCUT2D eigenvalue weighted by atomic mass is 16.8. The molecule has 0 aromatic heterocycles. The fraction of sp³-hybridized carbons (Fsp3) is 0.862. The molecular weight excluding hydrogens is 534 g/mol. The first-order chi connectivity index (χ1) is 18.3. The van der Waals surface area contributed by atoms with Gasteiger partial charge in [-0.05, 0) is 114 Å². The van der Waals surface area contributed by atoms with Gasteiger partial charge in [0.15, 0.2) is 0 Å². The topological polar surface area (TPSA) is 184 Å². The molecule has 6 N–H and O–H groups in total. The first-order valence-electron chi connectivity index (χ1n) is 14.4. The summed E-state index contributed by atoms with van der Waals surface area (Å²) in [6, 6.07) is 0. The molecule has 1 spiro atoms. The van der Waals surface area contributed by atoms with Crippen LogP contribution < -0.4 is 16.0 Å². The quantitative estimate of drug-likeness (QED) is 0.205. The number of hydrogen-bond donors (Lipinski definition) is 6. The van der Waals surface area contributed by atoms with Gasteiger partial charge in [-0.1, -0.05) is 0 Å². The summed E-state index contributed by atoms with van der Waals surface area (Å²) in [5.74, 6) is -8.34. The maximum absolute atomic E-state index is 14.0. The Kier molecular flexibility index (Phi) is 8.35. The van der Waals surface area contributed by atoms with Crippen molar-refractivity contribution in [1.29, 1.82) is 0 Å². The van der Waals surface area contributed by atoms with Crippen LogP contribution in [-0.2, 0) is 28.7 Å². The Bertz CT molecular complexity index is 1080. The molecule has 3 rings (SSSR count). The van der Waals surface area contributed by atoms with E-state index in [9.17, 15) is 34.5 Å². The number of carbonyl (C=O) groups excluding carboxylic acids is 4. The SMILES string of the molecule is CC(C)(C)NC(=O)[C@@]1(O)O[C@](C(=O)NC(C)(C)CCC(C)(C)NC(=O)C(=O)C(C)(C)O)(C2(O)CCC2)OC12CCC2. The van der Waals surface area contributed by atoms with E-state index in [2.05, 4.69) is 16.0 Å². The van der Waals surface area contributed by atoms with Gasteiger partial charge in [0.05, 0.1) is 0 Å². The summed E-state index contributed by atoms with van der Waals surface area (Å²) in [5.41, 5.74) is -7.56. The van der Waals surface area contributed by atoms with Crippen LogP contribution in [-0.4, -0.2) is 83.8 Å². The number of Topliss-reactive ketones (excluding diaryl/α,β-unsaturated/α-hetero) is 1. The van der Waals surface area contributed by atoms with Gasteiger partial charge in [-0.3, -0.25) is 23.9 Å². The minimum Gasteiger partial charge on any atom is -0.384 e. The molecular formula is C29H49N3O9. The molecule has 3 fully saturated rings. The molecule has 0 radical (unpaired) electrons. The van der Waals surface area contributed by atoms with Crippen LogP contribution in [0.4, 0.5) is 0 Å². The van der Waals surface area contributed by atoms with E-state index in [4.69, 9.17) is 9.47 Å². The van der Waals surface area contributed by atoms with Crippen molar-refractivity contribution in [3.05, 3.63) is 0 Å². The van der Waals surface area contributed by atoms with Gasteiger partial charge in [-0.2, -0.15) is 0 Å². The van der Waals surface area contributed by atoms with Gasteiger partial charge in [0.1, 0.15) is 16.8 Å². The average Bonchev–Trinajstić information content (AvgIpc) is 3.06. The molecule has 12 nitrogen and oxygen atoms in total. The van der Waals surface area contributed by atoms with E-state index in [0.29, 0.717) is 25.7 Å². The van der Waals surface area contributed by atoms with E-state index < -0.39 is 68.5 Å². The number of hydrogen-bond acceptors (Lipinski definition) is 9. The molecule has 1 aliphatic heterocycles. The van der Waals surface area contributed by atoms with Crippen molar-refractivity contribution in [2.75, 3.05) is 0 Å². The fourth-order valence-corrected chi connectivity index (χ4v) is 5.40. The number of aliphatic hydroxyl groups is 3. The zero-order valence-corrected chi connectivity index (χ0v) is 25.9. The number of carbonyl (C=O) groups is 4. The highest BCUT2D eigenvalue weighted by Crippen LogP contribution is 2.59. The van der Waals surface area contributed by atoms with Crippen LogP contribution in [0.3, 0.4) is 0 Å². The second-order valence-electron chi connectivity index (χ2n) is 15.0. The maximum atomic E-state index is 14.0. The number of ketones is 1. The highest BCUT2D eigenvalue weighted by molar-refractivity contribution is 6.39. The van der Waals surface area contributed by atoms with E-state index in [1.54, 1.807) is 48.5 Å². The number of ether oxygens (including phenoxy) is 2. The third-order valence-electron chi connectivity index (χ3n) is 8.34. The Hall–Kier alpha value is -2.12. The lowest BCUT2D eigenvalue weighted by atomic mass is 9.72. The first kappa shape index (κ1) is 33.4. The van der Waals surface area contributed by atoms with E-state index in [1.807, 2.05) is 0 Å². The van der Waals surface area contributed by atoms with Crippen LogP contribution in [0.15, 0.2) is 0 Å². The predicted molar refractivity (Wildman–Crippen MR) is 148 cm³/mol. The van der Waals surface area contributed by atoms with Crippen molar-refractivity contribution >= 4 is 23.5 Å². The Balaban J connectivity index is 1.82. The Labute approximate surface area is 242 Å². The van der Waals surface area contributed by atoms with Crippen molar-refractivity contribution in [2.24, 2.45) is 0 Å². The molecule has 1 heterocycles. The highest BCUT2D eigenvalue weighted by Gasteiger charge is 2.79. The molecule has 3 amide bonds. The molecule has 0 bridgehead atoms. The van der Waals surface area contributed by atoms with Gasteiger partial charge >= 0.3 is 0 Å². The summed E-state index contributed by atoms with van der Waals surface area (Å²) in [4.78, 5) is 51.9. The average molecular weight is 584 g/mol. The second-order valence-corrected chi connectivity index (χ2v) is 15.0. The van der Waals surface area contributed by atoms with Crippen LogP contribution in [0, 0.1) is 0 Å². The second kappa shape index (κ2) is 10.3. The van der Waals surface area contributed by atoms with Gasteiger partial charge in [0.25, 0.3) is 35.1 Å². The smallest absolute Gasteiger partial charge is 0.290 e. The third kappa shape index (κ3) is 6.31. The molecule has 0 aromatic rings. The Morgan fingerprint density at radius 1 is 0.707 bits per heavy atom. The lowest BCUT2D eigenvalue weighted by Crippen LogP contribution is -2.69. The third-order valence-corrected chi connectivity index (χ3v) is 8.34. The lowest BCUT2D eigenvalue weighted by molar-refractivity contribution is -0.309. The van der Waals surface area contributed by atoms with Crippen LogP contribution in [0.25, 0.3) is 0 Å². The lowest BCUT2D eigenvalue weighted by Gasteiger charge is -2.49. The number of amides is 3. The van der Waals surface area contributed by atoms with Gasteiger partial charge in [-0.25, -0.2) is 0 Å². The number of rotatable bonds is 10. The summed E-state index contributed by atoms with van der Waals surface area (Å²) in [6.07, 6.45) is 2.80. The Morgan fingerprint density at radius 3 is 1.59 bits per heavy atom.